The number of nitrogens with two attached hydrogens (primary N) is 1. The molecule has 2 unspecified atom stereocenters. The van der Waals surface area contributed by atoms with Crippen LogP contribution in [0.2, 0.25) is 0 Å². The van der Waals surface area contributed by atoms with E-state index in [1.54, 1.807) is 0 Å². The first-order chi connectivity index (χ1) is 10.0. The molecule has 0 amide bonds. The van der Waals surface area contributed by atoms with E-state index in [1.807, 2.05) is 0 Å². The number of rotatable bonds is 3. The first kappa shape index (κ1) is 13.7. The van der Waals surface area contributed by atoms with Gasteiger partial charge in [0, 0.05) is 19.1 Å². The van der Waals surface area contributed by atoms with Gasteiger partial charge >= 0.3 is 0 Å². The molecule has 9 nitrogen and oxygen atoms in total. The van der Waals surface area contributed by atoms with Crippen LogP contribution in [-0.4, -0.2) is 67.8 Å². The second kappa shape index (κ2) is 5.24. The molecule has 3 rings (SSSR count). The average Bonchev–Trinajstić information content (AvgIpc) is 3.06. The second-order valence-electron chi connectivity index (χ2n) is 5.55. The molecule has 1 saturated heterocycles. The smallest absolute Gasteiger partial charge is 0.258 e. The van der Waals surface area contributed by atoms with Gasteiger partial charge in [-0.1, -0.05) is 6.92 Å². The van der Waals surface area contributed by atoms with Crippen LogP contribution >= 0.6 is 0 Å². The Morgan fingerprint density at radius 3 is 2.57 bits per heavy atom. The van der Waals surface area contributed by atoms with Gasteiger partial charge < -0.3 is 15.5 Å². The van der Waals surface area contributed by atoms with Crippen LogP contribution in [-0.2, 0) is 0 Å². The van der Waals surface area contributed by atoms with Gasteiger partial charge in [0.25, 0.3) is 5.95 Å². The molecular weight excluding hydrogens is 270 g/mol. The molecule has 1 aliphatic rings. The summed E-state index contributed by atoms with van der Waals surface area (Å²) in [6.07, 6.45) is 2.97. The molecule has 9 heteroatoms. The predicted octanol–water partition coefficient (Wildman–Crippen LogP) is -0.579. The molecule has 2 N–H and O–H groups in total. The molecule has 3 heterocycles. The highest BCUT2D eigenvalue weighted by molar-refractivity contribution is 5.39. The van der Waals surface area contributed by atoms with E-state index in [-0.39, 0.29) is 5.95 Å². The van der Waals surface area contributed by atoms with E-state index in [0.29, 0.717) is 23.9 Å². The summed E-state index contributed by atoms with van der Waals surface area (Å²) in [7, 11) is 4.18. The summed E-state index contributed by atoms with van der Waals surface area (Å²) in [5.74, 6) is 1.69. The summed E-state index contributed by atoms with van der Waals surface area (Å²) in [4.78, 5) is 21.1. The standard InChI is InChI=1S/C12H19N9/c1-8-4-20(5-9(8)19(2)3)11-16-10(13)17-12(18-11)21-7-14-6-15-21/h6-9H,4-5H2,1-3H3,(H2,13,16,17,18). The van der Waals surface area contributed by atoms with Crippen molar-refractivity contribution in [3.05, 3.63) is 12.7 Å². The molecule has 1 fully saturated rings. The maximum atomic E-state index is 5.80. The van der Waals surface area contributed by atoms with Gasteiger partial charge in [-0.05, 0) is 20.0 Å². The Morgan fingerprint density at radius 1 is 1.19 bits per heavy atom. The first-order valence-corrected chi connectivity index (χ1v) is 6.82. The normalized spacial score (nSPS) is 22.2. The van der Waals surface area contributed by atoms with Crippen LogP contribution in [0.4, 0.5) is 11.9 Å². The van der Waals surface area contributed by atoms with E-state index in [9.17, 15) is 0 Å². The number of anilines is 2. The van der Waals surface area contributed by atoms with Gasteiger partial charge in [-0.2, -0.15) is 24.7 Å². The van der Waals surface area contributed by atoms with E-state index in [0.717, 1.165) is 13.1 Å². The van der Waals surface area contributed by atoms with Crippen molar-refractivity contribution in [1.82, 2.24) is 34.6 Å². The zero-order valence-electron chi connectivity index (χ0n) is 12.4. The number of nitrogen functional groups attached to an aromatic ring is 1. The molecule has 2 aromatic rings. The number of aromatic nitrogens is 6. The van der Waals surface area contributed by atoms with E-state index >= 15 is 0 Å². The monoisotopic (exact) mass is 289 g/mol. The van der Waals surface area contributed by atoms with Crippen LogP contribution < -0.4 is 10.6 Å². The number of hydrogen-bond donors (Lipinski definition) is 1. The van der Waals surface area contributed by atoms with Crippen LogP contribution in [0.15, 0.2) is 12.7 Å². The van der Waals surface area contributed by atoms with Gasteiger partial charge in [0.2, 0.25) is 11.9 Å². The van der Waals surface area contributed by atoms with Crippen LogP contribution in [0.1, 0.15) is 6.92 Å². The molecule has 0 bridgehead atoms. The Balaban J connectivity index is 1.90. The van der Waals surface area contributed by atoms with Crippen molar-refractivity contribution >= 4 is 11.9 Å². The van der Waals surface area contributed by atoms with Gasteiger partial charge in [0.1, 0.15) is 12.7 Å². The summed E-state index contributed by atoms with van der Waals surface area (Å²) >= 11 is 0. The van der Waals surface area contributed by atoms with Crippen LogP contribution in [0.3, 0.4) is 0 Å². The van der Waals surface area contributed by atoms with Gasteiger partial charge in [0.05, 0.1) is 0 Å². The van der Waals surface area contributed by atoms with Crippen molar-refractivity contribution in [2.24, 2.45) is 5.92 Å². The fourth-order valence-corrected chi connectivity index (χ4v) is 2.71. The maximum absolute atomic E-state index is 5.80. The Morgan fingerprint density at radius 2 is 1.95 bits per heavy atom. The highest BCUT2D eigenvalue weighted by Gasteiger charge is 2.32. The lowest BCUT2D eigenvalue weighted by Crippen LogP contribution is -2.34. The fraction of sp³-hybridized carbons (Fsp3) is 0.583. The SMILES string of the molecule is CC1CN(c2nc(N)nc(-n3cncn3)n2)CC1N(C)C. The summed E-state index contributed by atoms with van der Waals surface area (Å²) in [6.45, 7) is 3.99. The highest BCUT2D eigenvalue weighted by atomic mass is 15.4. The van der Waals surface area contributed by atoms with Crippen LogP contribution in [0, 0.1) is 5.92 Å². The molecule has 1 aliphatic heterocycles. The van der Waals surface area contributed by atoms with Crippen molar-refractivity contribution in [3.8, 4) is 5.95 Å². The van der Waals surface area contributed by atoms with Crippen molar-refractivity contribution in [2.75, 3.05) is 37.8 Å². The third kappa shape index (κ3) is 2.64. The molecule has 2 aromatic heterocycles. The van der Waals surface area contributed by atoms with Crippen molar-refractivity contribution in [3.63, 3.8) is 0 Å². The molecule has 0 aromatic carbocycles. The predicted molar refractivity (Wildman–Crippen MR) is 78.0 cm³/mol. The van der Waals surface area contributed by atoms with Crippen LogP contribution in [0.5, 0.6) is 0 Å². The Hall–Kier alpha value is -2.29. The van der Waals surface area contributed by atoms with Gasteiger partial charge in [-0.25, -0.2) is 4.98 Å². The second-order valence-corrected chi connectivity index (χ2v) is 5.55. The number of hydrogen-bond acceptors (Lipinski definition) is 8. The van der Waals surface area contributed by atoms with E-state index in [4.69, 9.17) is 5.73 Å². The Bertz CT molecular complexity index is 609. The van der Waals surface area contributed by atoms with E-state index < -0.39 is 0 Å². The minimum atomic E-state index is 0.187. The van der Waals surface area contributed by atoms with Crippen molar-refractivity contribution in [2.45, 2.75) is 13.0 Å². The van der Waals surface area contributed by atoms with Crippen molar-refractivity contribution in [1.29, 1.82) is 0 Å². The summed E-state index contributed by atoms with van der Waals surface area (Å²) < 4.78 is 1.48. The summed E-state index contributed by atoms with van der Waals surface area (Å²) in [5.41, 5.74) is 5.80. The highest BCUT2D eigenvalue weighted by Crippen LogP contribution is 2.24. The number of nitrogens with zero attached hydrogens (tertiary/aromatic N) is 8. The molecular formula is C12H19N9. The molecule has 21 heavy (non-hydrogen) atoms. The lowest BCUT2D eigenvalue weighted by atomic mass is 10.1. The van der Waals surface area contributed by atoms with E-state index in [2.05, 4.69) is 55.9 Å². The van der Waals surface area contributed by atoms with Crippen molar-refractivity contribution < 1.29 is 0 Å². The zero-order valence-corrected chi connectivity index (χ0v) is 12.4. The molecule has 0 aliphatic carbocycles. The molecule has 112 valence electrons. The first-order valence-electron chi connectivity index (χ1n) is 6.82. The molecule has 0 spiro atoms. The number of likely N-dealkylation sites (N-methyl/N-ethyl adjacent to an activating group) is 1. The largest absolute Gasteiger partial charge is 0.368 e. The van der Waals surface area contributed by atoms with Gasteiger partial charge in [0.15, 0.2) is 0 Å². The summed E-state index contributed by atoms with van der Waals surface area (Å²) in [6, 6.07) is 0.470. The minimum absolute atomic E-state index is 0.187. The third-order valence-corrected chi connectivity index (χ3v) is 3.77. The fourth-order valence-electron chi connectivity index (χ4n) is 2.71. The van der Waals surface area contributed by atoms with Crippen LogP contribution in [0.25, 0.3) is 5.95 Å². The quantitative estimate of drug-likeness (QED) is 0.801. The zero-order chi connectivity index (χ0) is 15.0. The van der Waals surface area contributed by atoms with Gasteiger partial charge in [-0.3, -0.25) is 0 Å². The third-order valence-electron chi connectivity index (χ3n) is 3.77. The van der Waals surface area contributed by atoms with E-state index in [1.165, 1.54) is 17.3 Å². The minimum Gasteiger partial charge on any atom is -0.368 e. The summed E-state index contributed by atoms with van der Waals surface area (Å²) in [5, 5.41) is 4.02. The maximum Gasteiger partial charge on any atom is 0.258 e. The Labute approximate surface area is 122 Å². The molecule has 0 radical (unpaired) electrons. The lowest BCUT2D eigenvalue weighted by molar-refractivity contribution is 0.266. The molecule has 2 atom stereocenters. The molecule has 0 saturated carbocycles. The van der Waals surface area contributed by atoms with Gasteiger partial charge in [-0.15, -0.1) is 0 Å². The lowest BCUT2D eigenvalue weighted by Gasteiger charge is -2.22. The topological polar surface area (TPSA) is 102 Å². The Kier molecular flexibility index (Phi) is 3.42. The average molecular weight is 289 g/mol.